The highest BCUT2D eigenvalue weighted by Crippen LogP contribution is 2.68. The molecule has 3 heterocycles. The Morgan fingerprint density at radius 2 is 1.11 bits per heavy atom. The standard InChI is InChI=1S/C85H133N19O18S/c1-49(2)36-65(81(120)97-63(77(87)116)24-35-123-9)98-82(121)67(39-56-41-88-48-92-56)96-71(108)43-91-83(122)76(50(3)4)100-78(117)52(6)93-80(119)66(37-53-40-89-62-13-11-10-12-57(53)62)99-79(118)64(19-20-68(86)105)95-69(106)21-14-51(5)59-17-18-60-58-16-15-54-38-55(22-25-84(54,7)61(58)23-26-85(59,60)8)94-70(107)42-90-72(109)44-101-27-29-102(45-73(110)111)31-33-104(47-75(114)115)34-32-103(30-28-101)46-74(112)113/h10-13,40-41,48-52,54-55,58-61,63-67,76,89H,14-39,42-47H2,1-9H3,(H2,86,105)(H2,87,116)(H,88,92)(H,90,109)(H,91,122)(H,93,119)(H,94,107)(H,95,106)(H,96,108)(H,97,120)(H,98,121)(H,99,118)(H,100,117)(H,110,111)(H,112,113)(H,114,115)/t51-,52+,54-,55+,58+,59-,60+,61+,63+,64+,65+,66+,67+,76+,84+,85-/m1/s1. The Bertz CT molecular complexity index is 4120. The fraction of sp³-hybridized carbons (Fsp3) is 0.694. The lowest BCUT2D eigenvalue weighted by Gasteiger charge is -2.61. The molecule has 682 valence electrons. The maximum absolute atomic E-state index is 14.7. The lowest BCUT2D eigenvalue weighted by atomic mass is 9.44. The molecule has 5 aliphatic rings. The third kappa shape index (κ3) is 29.4. The molecule has 0 unspecified atom stereocenters. The van der Waals surface area contributed by atoms with E-state index < -0.39 is 138 Å². The molecule has 1 aliphatic heterocycles. The first-order valence-electron chi connectivity index (χ1n) is 43.4. The van der Waals surface area contributed by atoms with Crippen molar-refractivity contribution >= 4 is 111 Å². The van der Waals surface area contributed by atoms with Crippen molar-refractivity contribution in [1.29, 1.82) is 0 Å². The molecule has 37 nitrogen and oxygen atoms in total. The summed E-state index contributed by atoms with van der Waals surface area (Å²) in [5.74, 6) is -8.91. The number of imidazole rings is 1. The number of primary amides is 2. The number of thioether (sulfide) groups is 1. The second kappa shape index (κ2) is 46.8. The van der Waals surface area contributed by atoms with Crippen LogP contribution in [0.5, 0.6) is 0 Å². The largest absolute Gasteiger partial charge is 0.480 e. The van der Waals surface area contributed by atoms with Gasteiger partial charge in [0.15, 0.2) is 0 Å². The van der Waals surface area contributed by atoms with Crippen molar-refractivity contribution in [2.45, 2.75) is 213 Å². The van der Waals surface area contributed by atoms with Gasteiger partial charge in [-0.3, -0.25) is 91.5 Å². The minimum absolute atomic E-state index is 0.0237. The Kier molecular flexibility index (Phi) is 37.5. The Morgan fingerprint density at radius 3 is 1.70 bits per heavy atom. The van der Waals surface area contributed by atoms with Crippen LogP contribution in [0.25, 0.3) is 10.9 Å². The Morgan fingerprint density at radius 1 is 0.545 bits per heavy atom. The number of hydrogen-bond donors (Lipinski definition) is 17. The third-order valence-corrected chi connectivity index (χ3v) is 26.8. The van der Waals surface area contributed by atoms with Gasteiger partial charge in [-0.05, 0) is 172 Å². The molecule has 8 rings (SSSR count). The first-order chi connectivity index (χ1) is 58.3. The van der Waals surface area contributed by atoms with Crippen LogP contribution in [-0.4, -0.2) is 291 Å². The first-order valence-corrected chi connectivity index (χ1v) is 44.8. The Hall–Kier alpha value is -9.79. The van der Waals surface area contributed by atoms with Gasteiger partial charge in [-0.1, -0.05) is 66.7 Å². The summed E-state index contributed by atoms with van der Waals surface area (Å²) in [6.07, 6.45) is 15.6. The normalized spacial score (nSPS) is 23.6. The van der Waals surface area contributed by atoms with E-state index in [-0.39, 0.29) is 165 Å². The van der Waals surface area contributed by atoms with Gasteiger partial charge in [0.05, 0.1) is 45.6 Å². The molecule has 19 N–H and O–H groups in total. The second-order valence-electron chi connectivity index (χ2n) is 35.8. The van der Waals surface area contributed by atoms with Crippen molar-refractivity contribution in [2.75, 3.05) is 104 Å². The number of carboxylic acid groups (broad SMARTS) is 3. The van der Waals surface area contributed by atoms with Gasteiger partial charge in [0, 0.05) is 113 Å². The fourth-order valence-corrected chi connectivity index (χ4v) is 20.0. The van der Waals surface area contributed by atoms with Crippen LogP contribution in [0.15, 0.2) is 43.0 Å². The maximum Gasteiger partial charge on any atom is 0.317 e. The maximum atomic E-state index is 14.7. The van der Waals surface area contributed by atoms with Crippen molar-refractivity contribution in [3.63, 3.8) is 0 Å². The Balaban J connectivity index is 0.827. The van der Waals surface area contributed by atoms with Gasteiger partial charge in [0.2, 0.25) is 70.9 Å². The van der Waals surface area contributed by atoms with E-state index in [1.807, 2.05) is 49.3 Å². The van der Waals surface area contributed by atoms with Crippen LogP contribution < -0.4 is 64.6 Å². The van der Waals surface area contributed by atoms with E-state index in [2.05, 4.69) is 88.9 Å². The lowest BCUT2D eigenvalue weighted by molar-refractivity contribution is -0.140. The number of aromatic nitrogens is 3. The minimum Gasteiger partial charge on any atom is -0.480 e. The van der Waals surface area contributed by atoms with Crippen LogP contribution in [0, 0.1) is 58.2 Å². The summed E-state index contributed by atoms with van der Waals surface area (Å²) in [7, 11) is 0. The van der Waals surface area contributed by atoms with E-state index in [4.69, 9.17) is 11.5 Å². The van der Waals surface area contributed by atoms with E-state index in [1.165, 1.54) is 31.2 Å². The number of carbonyl (C=O) groups is 15. The molecule has 1 aromatic carbocycles. The number of aliphatic carboxylic acids is 3. The molecule has 4 aliphatic carbocycles. The van der Waals surface area contributed by atoms with Crippen LogP contribution >= 0.6 is 11.8 Å². The predicted octanol–water partition coefficient (Wildman–Crippen LogP) is 0.564. The molecule has 16 atom stereocenters. The van der Waals surface area contributed by atoms with E-state index in [0.717, 1.165) is 68.7 Å². The van der Waals surface area contributed by atoms with Gasteiger partial charge >= 0.3 is 17.9 Å². The summed E-state index contributed by atoms with van der Waals surface area (Å²) < 4.78 is 0. The molecule has 0 bridgehead atoms. The number of carboxylic acids is 3. The average molecular weight is 1740 g/mol. The van der Waals surface area contributed by atoms with Crippen LogP contribution in [0.4, 0.5) is 0 Å². The number of fused-ring (bicyclic) bond motifs is 6. The number of para-hydroxylation sites is 1. The summed E-state index contributed by atoms with van der Waals surface area (Å²) in [6.45, 7) is 15.6. The predicted molar refractivity (Wildman–Crippen MR) is 459 cm³/mol. The van der Waals surface area contributed by atoms with Crippen LogP contribution in [0.3, 0.4) is 0 Å². The van der Waals surface area contributed by atoms with Crippen molar-refractivity contribution < 1.29 is 87.2 Å². The smallest absolute Gasteiger partial charge is 0.317 e. The van der Waals surface area contributed by atoms with Gasteiger partial charge < -0.3 is 89.9 Å². The number of nitrogens with zero attached hydrogens (tertiary/aromatic N) is 5. The average Bonchev–Trinajstić information content (AvgIpc) is 1.55. The Labute approximate surface area is 723 Å². The lowest BCUT2D eigenvalue weighted by Crippen LogP contribution is -2.59. The number of nitrogens with one attached hydrogen (secondary N) is 12. The highest BCUT2D eigenvalue weighted by Gasteiger charge is 2.61. The topological polar surface area (TPSA) is 547 Å². The number of H-pyrrole nitrogens is 2. The van der Waals surface area contributed by atoms with Crippen LogP contribution in [0.2, 0.25) is 0 Å². The van der Waals surface area contributed by atoms with E-state index in [9.17, 15) is 87.2 Å². The van der Waals surface area contributed by atoms with Crippen LogP contribution in [0.1, 0.15) is 163 Å². The van der Waals surface area contributed by atoms with Crippen molar-refractivity contribution in [2.24, 2.45) is 69.6 Å². The van der Waals surface area contributed by atoms with E-state index >= 15 is 0 Å². The number of rotatable bonds is 44. The van der Waals surface area contributed by atoms with E-state index in [1.54, 1.807) is 34.7 Å². The molecule has 4 saturated carbocycles. The number of benzene rings is 1. The minimum atomic E-state index is -1.37. The molecule has 1 saturated heterocycles. The molecular formula is C85H133N19O18S. The molecular weight excluding hydrogens is 1610 g/mol. The number of amides is 12. The monoisotopic (exact) mass is 1740 g/mol. The fourth-order valence-electron chi connectivity index (χ4n) is 19.6. The van der Waals surface area contributed by atoms with Gasteiger partial charge in [-0.25, -0.2) is 4.98 Å². The number of nitrogens with two attached hydrogens (primary N) is 2. The first kappa shape index (κ1) is 98.6. The number of hydrogen-bond acceptors (Lipinski definition) is 21. The molecule has 0 radical (unpaired) electrons. The van der Waals surface area contributed by atoms with E-state index in [0.29, 0.717) is 53.0 Å². The summed E-state index contributed by atoms with van der Waals surface area (Å²) in [6, 6.07) is -1.43. The number of carbonyl (C=O) groups excluding carboxylic acids is 12. The van der Waals surface area contributed by atoms with Crippen molar-refractivity contribution in [3.8, 4) is 0 Å². The molecule has 0 spiro atoms. The van der Waals surface area contributed by atoms with Gasteiger partial charge in [0.25, 0.3) is 0 Å². The van der Waals surface area contributed by atoms with Gasteiger partial charge in [0.1, 0.15) is 42.3 Å². The molecule has 5 fully saturated rings. The van der Waals surface area contributed by atoms with Crippen molar-refractivity contribution in [1.82, 2.24) is 87.7 Å². The van der Waals surface area contributed by atoms with Crippen molar-refractivity contribution in [3.05, 3.63) is 54.2 Å². The summed E-state index contributed by atoms with van der Waals surface area (Å²) in [4.78, 5) is 217. The third-order valence-electron chi connectivity index (χ3n) is 26.2. The second-order valence-corrected chi connectivity index (χ2v) is 36.8. The quantitative estimate of drug-likeness (QED) is 0.0368. The van der Waals surface area contributed by atoms with Crippen LogP contribution in [-0.2, 0) is 84.8 Å². The molecule has 3 aromatic rings. The highest BCUT2D eigenvalue weighted by molar-refractivity contribution is 7.98. The molecule has 38 heteroatoms. The van der Waals surface area contributed by atoms with Gasteiger partial charge in [-0.15, -0.1) is 0 Å². The van der Waals surface area contributed by atoms with Gasteiger partial charge in [-0.2, -0.15) is 11.8 Å². The summed E-state index contributed by atoms with van der Waals surface area (Å²) in [5, 5.41) is 57.1. The zero-order chi connectivity index (χ0) is 90.0. The number of aromatic amines is 2. The SMILES string of the molecule is CSCC[C@H](NC(=O)[C@H](CC(C)C)NC(=O)[C@H](Cc1cnc[nH]1)NC(=O)CNC(=O)[C@@H](NC(=O)[C@H](C)NC(=O)[C@H](Cc1c[nH]c2ccccc12)NC(=O)[C@H](CCC(N)=O)NC(=O)CC[C@@H](C)[C@H]1CC[C@H]2[C@@H]3CC[C@@H]4C[C@@H](NC(=O)CNC(=O)CN5CCN(CC(=O)O)CCN(CC(=O)O)CCN(CC(=O)O)CC5)CC[C@]4(C)[C@H]3CC[C@]12C)C(C)C)C(N)=O. The summed E-state index contributed by atoms with van der Waals surface area (Å²) in [5.41, 5.74) is 13.2. The molecule has 2 aromatic heterocycles. The zero-order valence-corrected chi connectivity index (χ0v) is 73.5. The summed E-state index contributed by atoms with van der Waals surface area (Å²) >= 11 is 1.46. The highest BCUT2D eigenvalue weighted by atomic mass is 32.2. The molecule has 123 heavy (non-hydrogen) atoms. The zero-order valence-electron chi connectivity index (χ0n) is 72.7. The molecule has 12 amide bonds.